The molecule has 0 bridgehead atoms. The summed E-state index contributed by atoms with van der Waals surface area (Å²) in [4.78, 5) is 31.9. The molecule has 0 unspecified atom stereocenters. The molecule has 0 radical (unpaired) electrons. The topological polar surface area (TPSA) is 78.3 Å². The molecule has 4 rings (SSSR count). The molecule has 1 N–H and O–H groups in total. The summed E-state index contributed by atoms with van der Waals surface area (Å²) in [6, 6.07) is 12.7. The van der Waals surface area contributed by atoms with Crippen molar-refractivity contribution in [2.75, 3.05) is 51.3 Å². The van der Waals surface area contributed by atoms with Crippen LogP contribution in [0.4, 0.5) is 28.0 Å². The molecule has 2 heterocycles. The predicted molar refractivity (Wildman–Crippen MR) is 143 cm³/mol. The van der Waals surface area contributed by atoms with E-state index < -0.39 is 23.6 Å². The monoisotopic (exact) mass is 576 g/mol. The number of amides is 3. The minimum absolute atomic E-state index is 0.130. The Hall–Kier alpha value is -3.90. The van der Waals surface area contributed by atoms with Crippen LogP contribution in [0.5, 0.6) is 0 Å². The maximum absolute atomic E-state index is 13.6. The molecule has 0 saturated carbocycles. The van der Waals surface area contributed by atoms with E-state index in [2.05, 4.69) is 10.2 Å². The summed E-state index contributed by atoms with van der Waals surface area (Å²) in [7, 11) is 0. The smallest absolute Gasteiger partial charge is 0.416 e. The van der Waals surface area contributed by atoms with E-state index in [9.17, 15) is 27.2 Å². The summed E-state index contributed by atoms with van der Waals surface area (Å²) in [6.45, 7) is 3.72. The fraction of sp³-hybridized carbons (Fsp3) is 0.379. The molecule has 41 heavy (non-hydrogen) atoms. The van der Waals surface area contributed by atoms with E-state index in [0.29, 0.717) is 37.5 Å². The molecule has 12 heteroatoms. The number of nitrogens with zero attached hydrogens (tertiary/aromatic N) is 3. The Bertz CT molecular complexity index is 1250. The summed E-state index contributed by atoms with van der Waals surface area (Å²) in [6.07, 6.45) is -2.43. The van der Waals surface area contributed by atoms with Gasteiger partial charge in [-0.3, -0.25) is 9.69 Å². The highest BCUT2D eigenvalue weighted by Crippen LogP contribution is 2.29. The van der Waals surface area contributed by atoms with Crippen LogP contribution in [0.2, 0.25) is 0 Å². The second-order valence-electron chi connectivity index (χ2n) is 9.69. The molecule has 2 aromatic carbocycles. The zero-order valence-electron chi connectivity index (χ0n) is 22.4. The van der Waals surface area contributed by atoms with E-state index in [1.165, 1.54) is 40.3 Å². The third kappa shape index (κ3) is 9.32. The van der Waals surface area contributed by atoms with Crippen molar-refractivity contribution in [2.24, 2.45) is 0 Å². The average molecular weight is 577 g/mol. The molecule has 1 fully saturated rings. The number of anilines is 1. The van der Waals surface area contributed by atoms with Crippen LogP contribution in [0.25, 0.3) is 0 Å². The maximum Gasteiger partial charge on any atom is 0.416 e. The van der Waals surface area contributed by atoms with Crippen LogP contribution in [0.15, 0.2) is 71.3 Å². The Labute approximate surface area is 235 Å². The van der Waals surface area contributed by atoms with Crippen molar-refractivity contribution in [3.05, 3.63) is 89.6 Å². The maximum atomic E-state index is 13.6. The molecule has 1 aliphatic heterocycles. The number of carbonyl (C=O) groups is 2. The molecule has 1 aliphatic rings. The van der Waals surface area contributed by atoms with Gasteiger partial charge in [0.2, 0.25) is 5.91 Å². The first kappa shape index (κ1) is 30.1. The Morgan fingerprint density at radius 3 is 2.27 bits per heavy atom. The number of ether oxygens (including phenoxy) is 1. The number of alkyl halides is 3. The van der Waals surface area contributed by atoms with Crippen molar-refractivity contribution in [3.63, 3.8) is 0 Å². The van der Waals surface area contributed by atoms with E-state index in [-0.39, 0.29) is 37.8 Å². The second-order valence-corrected chi connectivity index (χ2v) is 9.69. The lowest BCUT2D eigenvalue weighted by Gasteiger charge is -2.30. The first-order valence-corrected chi connectivity index (χ1v) is 13.3. The Balaban J connectivity index is 1.47. The van der Waals surface area contributed by atoms with Gasteiger partial charge in [0, 0.05) is 38.4 Å². The van der Waals surface area contributed by atoms with Crippen molar-refractivity contribution in [1.82, 2.24) is 14.7 Å². The zero-order chi connectivity index (χ0) is 29.2. The molecular weight excluding hydrogens is 544 g/mol. The fourth-order valence-corrected chi connectivity index (χ4v) is 4.40. The van der Waals surface area contributed by atoms with Gasteiger partial charge in [0.25, 0.3) is 0 Å². The predicted octanol–water partition coefficient (Wildman–Crippen LogP) is 5.22. The van der Waals surface area contributed by atoms with Gasteiger partial charge in [0.05, 0.1) is 31.6 Å². The van der Waals surface area contributed by atoms with Crippen molar-refractivity contribution in [3.8, 4) is 0 Å². The normalized spacial score (nSPS) is 14.0. The standard InChI is InChI=1S/C29H32F4N4O4/c30-24-8-4-22(5-9-24)19-37(20-26-3-1-16-41-26)27(38)21-36(13-2-12-35-14-17-40-18-15-35)28(39)34-25-10-6-23(7-11-25)29(31,32)33/h1,3-11,16H,2,12-15,17-21H2,(H,34,39). The van der Waals surface area contributed by atoms with Crippen molar-refractivity contribution < 1.29 is 36.3 Å². The number of hydrogen-bond donors (Lipinski definition) is 1. The number of carbonyl (C=O) groups excluding carboxylic acids is 2. The van der Waals surface area contributed by atoms with Gasteiger partial charge in [0.15, 0.2) is 0 Å². The van der Waals surface area contributed by atoms with Crippen LogP contribution >= 0.6 is 0 Å². The first-order valence-electron chi connectivity index (χ1n) is 13.3. The summed E-state index contributed by atoms with van der Waals surface area (Å²) in [5.74, 6) is -0.239. The van der Waals surface area contributed by atoms with Crippen molar-refractivity contribution in [2.45, 2.75) is 25.7 Å². The number of hydrogen-bond acceptors (Lipinski definition) is 5. The molecular formula is C29H32F4N4O4. The number of benzene rings is 2. The molecule has 8 nitrogen and oxygen atoms in total. The lowest BCUT2D eigenvalue weighted by molar-refractivity contribution is -0.137. The molecule has 3 amide bonds. The van der Waals surface area contributed by atoms with E-state index in [1.807, 2.05) is 0 Å². The number of urea groups is 1. The van der Waals surface area contributed by atoms with Gasteiger partial charge in [-0.15, -0.1) is 0 Å². The Kier molecular flexibility index (Phi) is 10.4. The Morgan fingerprint density at radius 2 is 1.63 bits per heavy atom. The largest absolute Gasteiger partial charge is 0.467 e. The van der Waals surface area contributed by atoms with Crippen molar-refractivity contribution >= 4 is 17.6 Å². The summed E-state index contributed by atoms with van der Waals surface area (Å²) < 4.78 is 63.1. The minimum Gasteiger partial charge on any atom is -0.467 e. The van der Waals surface area contributed by atoms with Crippen LogP contribution in [0, 0.1) is 5.82 Å². The lowest BCUT2D eigenvalue weighted by atomic mass is 10.2. The van der Waals surface area contributed by atoms with Gasteiger partial charge in [-0.25, -0.2) is 9.18 Å². The molecule has 220 valence electrons. The highest BCUT2D eigenvalue weighted by Gasteiger charge is 2.30. The summed E-state index contributed by atoms with van der Waals surface area (Å²) >= 11 is 0. The van der Waals surface area contributed by atoms with Crippen LogP contribution in [0.1, 0.15) is 23.3 Å². The van der Waals surface area contributed by atoms with Crippen molar-refractivity contribution in [1.29, 1.82) is 0 Å². The quantitative estimate of drug-likeness (QED) is 0.317. The van der Waals surface area contributed by atoms with E-state index in [0.717, 1.165) is 25.2 Å². The van der Waals surface area contributed by atoms with Gasteiger partial charge in [-0.2, -0.15) is 13.2 Å². The number of rotatable bonds is 11. The van der Waals surface area contributed by atoms with Gasteiger partial charge >= 0.3 is 12.2 Å². The average Bonchev–Trinajstić information content (AvgIpc) is 3.47. The summed E-state index contributed by atoms with van der Waals surface area (Å²) in [5.41, 5.74) is 0.0363. The van der Waals surface area contributed by atoms with Gasteiger partial charge in [-0.1, -0.05) is 12.1 Å². The van der Waals surface area contributed by atoms with E-state index in [4.69, 9.17) is 9.15 Å². The van der Waals surface area contributed by atoms with Gasteiger partial charge < -0.3 is 24.3 Å². The lowest BCUT2D eigenvalue weighted by Crippen LogP contribution is -2.45. The zero-order valence-corrected chi connectivity index (χ0v) is 22.4. The fourth-order valence-electron chi connectivity index (χ4n) is 4.40. The highest BCUT2D eigenvalue weighted by atomic mass is 19.4. The number of halogens is 4. The molecule has 0 atom stereocenters. The minimum atomic E-state index is -4.50. The molecule has 0 spiro atoms. The van der Waals surface area contributed by atoms with Crippen LogP contribution in [-0.2, 0) is 28.8 Å². The molecule has 3 aromatic rings. The van der Waals surface area contributed by atoms with Crippen LogP contribution in [0.3, 0.4) is 0 Å². The number of nitrogens with one attached hydrogen (secondary N) is 1. The SMILES string of the molecule is O=C(CN(CCCN1CCOCC1)C(=O)Nc1ccc(C(F)(F)F)cc1)N(Cc1ccc(F)cc1)Cc1ccco1. The van der Waals surface area contributed by atoms with Crippen LogP contribution in [-0.4, -0.2) is 72.6 Å². The second kappa shape index (κ2) is 14.1. The molecule has 1 aromatic heterocycles. The highest BCUT2D eigenvalue weighted by molar-refractivity contribution is 5.92. The first-order chi connectivity index (χ1) is 19.7. The Morgan fingerprint density at radius 1 is 0.927 bits per heavy atom. The number of furan rings is 1. The molecule has 0 aliphatic carbocycles. The van der Waals surface area contributed by atoms with Gasteiger partial charge in [-0.05, 0) is 60.5 Å². The third-order valence-corrected chi connectivity index (χ3v) is 6.65. The summed E-state index contributed by atoms with van der Waals surface area (Å²) in [5, 5.41) is 2.61. The third-order valence-electron chi connectivity index (χ3n) is 6.65. The number of morpholine rings is 1. The van der Waals surface area contributed by atoms with Crippen LogP contribution < -0.4 is 5.32 Å². The van der Waals surface area contributed by atoms with E-state index in [1.54, 1.807) is 24.3 Å². The molecule has 1 saturated heterocycles. The van der Waals surface area contributed by atoms with E-state index >= 15 is 0 Å². The van der Waals surface area contributed by atoms with Gasteiger partial charge in [0.1, 0.15) is 18.1 Å².